The van der Waals surface area contributed by atoms with E-state index in [1.165, 1.54) is 0 Å². The molecule has 0 aliphatic rings. The van der Waals surface area contributed by atoms with Crippen LogP contribution in [-0.4, -0.2) is 31.3 Å². The minimum atomic E-state index is 0. The first kappa shape index (κ1) is 21.2. The van der Waals surface area contributed by atoms with Gasteiger partial charge in [0, 0.05) is 30.2 Å². The second-order valence-electron chi connectivity index (χ2n) is 4.43. The number of aliphatic hydroxyl groups excluding tert-OH is 1. The molecule has 0 bridgehead atoms. The topological polar surface area (TPSA) is 57.4 Å². The van der Waals surface area contributed by atoms with E-state index in [2.05, 4.69) is 10.6 Å². The SMILES string of the molecule is OCCNCCNCc1ccc(-c2cccc(Cl)c2)o1.[Cl-].[Cl-]. The Balaban J connectivity index is 0.00000220. The molecule has 1 heterocycles. The first-order chi connectivity index (χ1) is 9.79. The Morgan fingerprint density at radius 2 is 1.77 bits per heavy atom. The quantitative estimate of drug-likeness (QED) is 0.421. The standard InChI is InChI=1S/C15H19ClN2O2.2ClH/c16-13-3-1-2-12(10-13)15-5-4-14(20-15)11-18-7-6-17-8-9-19;;/h1-5,10,17-19H,6-9,11H2;2*1H/p-2. The van der Waals surface area contributed by atoms with Crippen molar-refractivity contribution in [1.29, 1.82) is 0 Å². The molecule has 0 spiro atoms. The molecule has 4 nitrogen and oxygen atoms in total. The molecule has 3 N–H and O–H groups in total. The number of benzene rings is 1. The maximum Gasteiger partial charge on any atom is 0.134 e. The molecule has 0 unspecified atom stereocenters. The van der Waals surface area contributed by atoms with Crippen LogP contribution in [0.5, 0.6) is 0 Å². The number of aliphatic hydroxyl groups is 1. The van der Waals surface area contributed by atoms with E-state index in [-0.39, 0.29) is 31.4 Å². The summed E-state index contributed by atoms with van der Waals surface area (Å²) in [6, 6.07) is 11.5. The van der Waals surface area contributed by atoms with E-state index in [4.69, 9.17) is 21.1 Å². The third kappa shape index (κ3) is 7.01. The maximum atomic E-state index is 8.62. The van der Waals surface area contributed by atoms with Gasteiger partial charge in [-0.1, -0.05) is 23.7 Å². The van der Waals surface area contributed by atoms with Crippen molar-refractivity contribution < 1.29 is 34.3 Å². The third-order valence-corrected chi connectivity index (χ3v) is 3.07. The summed E-state index contributed by atoms with van der Waals surface area (Å²) in [7, 11) is 0. The Kier molecular flexibility index (Phi) is 11.4. The average Bonchev–Trinajstić information content (AvgIpc) is 2.91. The van der Waals surface area contributed by atoms with Crippen molar-refractivity contribution in [3.8, 4) is 11.3 Å². The van der Waals surface area contributed by atoms with Crippen molar-refractivity contribution in [3.05, 3.63) is 47.2 Å². The zero-order chi connectivity index (χ0) is 14.2. The molecular weight excluding hydrogens is 347 g/mol. The summed E-state index contributed by atoms with van der Waals surface area (Å²) in [5.74, 6) is 1.71. The van der Waals surface area contributed by atoms with Gasteiger partial charge in [0.1, 0.15) is 11.5 Å². The van der Waals surface area contributed by atoms with Crippen LogP contribution < -0.4 is 35.4 Å². The molecular formula is C15H19Cl3N2O2-2. The fourth-order valence-electron chi connectivity index (χ4n) is 1.86. The zero-order valence-electron chi connectivity index (χ0n) is 12.0. The fourth-order valence-corrected chi connectivity index (χ4v) is 2.05. The molecule has 0 saturated heterocycles. The van der Waals surface area contributed by atoms with Crippen LogP contribution in [0.1, 0.15) is 5.76 Å². The molecule has 0 aliphatic heterocycles. The lowest BCUT2D eigenvalue weighted by Crippen LogP contribution is -3.00. The van der Waals surface area contributed by atoms with Gasteiger partial charge in [-0.25, -0.2) is 0 Å². The molecule has 0 radical (unpaired) electrons. The van der Waals surface area contributed by atoms with Gasteiger partial charge in [0.05, 0.1) is 13.2 Å². The summed E-state index contributed by atoms with van der Waals surface area (Å²) in [6.45, 7) is 3.12. The highest BCUT2D eigenvalue weighted by Gasteiger charge is 2.04. The molecule has 1 aromatic heterocycles. The minimum Gasteiger partial charge on any atom is -1.00 e. The van der Waals surface area contributed by atoms with Gasteiger partial charge in [0.2, 0.25) is 0 Å². The molecule has 2 aromatic rings. The summed E-state index contributed by atoms with van der Waals surface area (Å²) < 4.78 is 5.77. The van der Waals surface area contributed by atoms with Crippen LogP contribution >= 0.6 is 11.6 Å². The second kappa shape index (κ2) is 11.8. The highest BCUT2D eigenvalue weighted by Crippen LogP contribution is 2.24. The summed E-state index contributed by atoms with van der Waals surface area (Å²) in [6.07, 6.45) is 0. The normalized spacial score (nSPS) is 9.91. The van der Waals surface area contributed by atoms with Gasteiger partial charge in [0.15, 0.2) is 0 Å². The van der Waals surface area contributed by atoms with Crippen molar-refractivity contribution >= 4 is 11.6 Å². The smallest absolute Gasteiger partial charge is 0.134 e. The van der Waals surface area contributed by atoms with Crippen molar-refractivity contribution in [2.75, 3.05) is 26.2 Å². The fraction of sp³-hybridized carbons (Fsp3) is 0.333. The van der Waals surface area contributed by atoms with Crippen LogP contribution in [-0.2, 0) is 6.54 Å². The number of rotatable bonds is 8. The Hall–Kier alpha value is -0.750. The first-order valence-corrected chi connectivity index (χ1v) is 7.04. The van der Waals surface area contributed by atoms with Crippen molar-refractivity contribution in [2.24, 2.45) is 0 Å². The lowest BCUT2D eigenvalue weighted by atomic mass is 10.2. The number of halogens is 3. The van der Waals surface area contributed by atoms with Gasteiger partial charge in [-0.2, -0.15) is 0 Å². The van der Waals surface area contributed by atoms with Crippen LogP contribution in [0, 0.1) is 0 Å². The van der Waals surface area contributed by atoms with Gasteiger partial charge in [-0.05, 0) is 24.3 Å². The van der Waals surface area contributed by atoms with Gasteiger partial charge in [0.25, 0.3) is 0 Å². The van der Waals surface area contributed by atoms with Gasteiger partial charge in [-0.3, -0.25) is 0 Å². The number of furan rings is 1. The molecule has 0 saturated carbocycles. The molecule has 22 heavy (non-hydrogen) atoms. The van der Waals surface area contributed by atoms with E-state index in [0.717, 1.165) is 30.2 Å². The Bertz CT molecular complexity index is 535. The van der Waals surface area contributed by atoms with Crippen LogP contribution in [0.4, 0.5) is 0 Å². The maximum absolute atomic E-state index is 8.62. The third-order valence-electron chi connectivity index (χ3n) is 2.84. The molecule has 0 atom stereocenters. The summed E-state index contributed by atoms with van der Waals surface area (Å²) in [5, 5.41) is 15.7. The lowest BCUT2D eigenvalue weighted by Gasteiger charge is -2.04. The molecule has 0 aliphatic carbocycles. The minimum absolute atomic E-state index is 0. The predicted molar refractivity (Wildman–Crippen MR) is 80.8 cm³/mol. The highest BCUT2D eigenvalue weighted by molar-refractivity contribution is 6.30. The van der Waals surface area contributed by atoms with Gasteiger partial charge in [-0.15, -0.1) is 0 Å². The van der Waals surface area contributed by atoms with Gasteiger partial charge >= 0.3 is 0 Å². The predicted octanol–water partition coefficient (Wildman–Crippen LogP) is -3.72. The Morgan fingerprint density at radius 1 is 1.00 bits per heavy atom. The van der Waals surface area contributed by atoms with E-state index in [1.54, 1.807) is 0 Å². The summed E-state index contributed by atoms with van der Waals surface area (Å²) in [5.41, 5.74) is 0.980. The van der Waals surface area contributed by atoms with E-state index >= 15 is 0 Å². The second-order valence-corrected chi connectivity index (χ2v) is 4.86. The monoisotopic (exact) mass is 364 g/mol. The summed E-state index contributed by atoms with van der Waals surface area (Å²) >= 11 is 5.97. The van der Waals surface area contributed by atoms with E-state index in [0.29, 0.717) is 18.1 Å². The molecule has 124 valence electrons. The molecule has 2 rings (SSSR count). The number of hydrogen-bond acceptors (Lipinski definition) is 4. The molecule has 7 heteroatoms. The number of hydrogen-bond donors (Lipinski definition) is 3. The Labute approximate surface area is 148 Å². The van der Waals surface area contributed by atoms with Crippen LogP contribution in [0.2, 0.25) is 5.02 Å². The highest BCUT2D eigenvalue weighted by atomic mass is 35.5. The first-order valence-electron chi connectivity index (χ1n) is 6.66. The van der Waals surface area contributed by atoms with E-state index in [1.807, 2.05) is 36.4 Å². The lowest BCUT2D eigenvalue weighted by molar-refractivity contribution is -0.001000. The molecule has 1 aromatic carbocycles. The van der Waals surface area contributed by atoms with Crippen molar-refractivity contribution in [3.63, 3.8) is 0 Å². The van der Waals surface area contributed by atoms with E-state index in [9.17, 15) is 0 Å². The van der Waals surface area contributed by atoms with Crippen molar-refractivity contribution in [1.82, 2.24) is 10.6 Å². The largest absolute Gasteiger partial charge is 1.00 e. The van der Waals surface area contributed by atoms with Crippen LogP contribution in [0.25, 0.3) is 11.3 Å². The molecule has 0 amide bonds. The van der Waals surface area contributed by atoms with Gasteiger partial charge < -0.3 is 45.0 Å². The number of nitrogens with one attached hydrogen (secondary N) is 2. The zero-order valence-corrected chi connectivity index (χ0v) is 14.3. The van der Waals surface area contributed by atoms with Crippen LogP contribution in [0.3, 0.4) is 0 Å². The Morgan fingerprint density at radius 3 is 2.50 bits per heavy atom. The van der Waals surface area contributed by atoms with E-state index < -0.39 is 0 Å². The van der Waals surface area contributed by atoms with Crippen LogP contribution in [0.15, 0.2) is 40.8 Å². The van der Waals surface area contributed by atoms with Crippen molar-refractivity contribution in [2.45, 2.75) is 6.54 Å². The summed E-state index contributed by atoms with van der Waals surface area (Å²) in [4.78, 5) is 0. The molecule has 0 fully saturated rings. The average molecular weight is 366 g/mol.